The second kappa shape index (κ2) is 7.93. The highest BCUT2D eigenvalue weighted by Gasteiger charge is 2.48. The number of nitrogens with zero attached hydrogens (tertiary/aromatic N) is 2. The molecular weight excluding hydrogens is 468 g/mol. The van der Waals surface area contributed by atoms with Crippen LogP contribution in [0, 0.1) is 10.1 Å². The smallest absolute Gasteiger partial charge is 0.270 e. The van der Waals surface area contributed by atoms with Crippen LogP contribution in [0.15, 0.2) is 72.8 Å². The van der Waals surface area contributed by atoms with Gasteiger partial charge in [-0.3, -0.25) is 14.9 Å². The van der Waals surface area contributed by atoms with Crippen molar-refractivity contribution in [3.05, 3.63) is 104 Å². The number of nitro benzene ring substituents is 1. The molecule has 0 saturated carbocycles. The number of nitro groups is 1. The molecule has 1 aliphatic heterocycles. The first-order chi connectivity index (χ1) is 16.1. The first-order valence-electron chi connectivity index (χ1n) is 11.0. The van der Waals surface area contributed by atoms with Crippen molar-refractivity contribution in [1.29, 1.82) is 0 Å². The number of anilines is 1. The van der Waals surface area contributed by atoms with Gasteiger partial charge in [-0.15, -0.1) is 11.3 Å². The van der Waals surface area contributed by atoms with E-state index in [0.29, 0.717) is 20.0 Å². The van der Waals surface area contributed by atoms with E-state index in [1.807, 2.05) is 41.3 Å². The van der Waals surface area contributed by atoms with Crippen LogP contribution in [0.3, 0.4) is 0 Å². The van der Waals surface area contributed by atoms with Crippen molar-refractivity contribution in [3.63, 3.8) is 0 Å². The molecule has 0 unspecified atom stereocenters. The molecule has 1 aromatic heterocycles. The average Bonchev–Trinajstić information content (AvgIpc) is 3.15. The minimum Gasteiger partial charge on any atom is -0.302 e. The first-order valence-corrected chi connectivity index (χ1v) is 12.2. The van der Waals surface area contributed by atoms with E-state index in [1.54, 1.807) is 6.07 Å². The van der Waals surface area contributed by atoms with Crippen LogP contribution in [-0.4, -0.2) is 16.4 Å². The van der Waals surface area contributed by atoms with Gasteiger partial charge >= 0.3 is 0 Å². The Morgan fingerprint density at radius 3 is 2.41 bits per heavy atom. The minimum atomic E-state index is -0.512. The minimum absolute atomic E-state index is 0.0216. The summed E-state index contributed by atoms with van der Waals surface area (Å²) in [6.07, 6.45) is 0.723. The van der Waals surface area contributed by atoms with Gasteiger partial charge in [0.1, 0.15) is 4.88 Å². The molecule has 0 aliphatic carbocycles. The molecule has 1 aliphatic rings. The summed E-state index contributed by atoms with van der Waals surface area (Å²) in [5.74, 6) is -0.193. The Morgan fingerprint density at radius 1 is 1.03 bits per heavy atom. The van der Waals surface area contributed by atoms with Crippen LogP contribution in [0.1, 0.15) is 48.0 Å². The molecule has 0 saturated heterocycles. The zero-order chi connectivity index (χ0) is 24.3. The quantitative estimate of drug-likeness (QED) is 0.219. The van der Waals surface area contributed by atoms with Crippen molar-refractivity contribution in [1.82, 2.24) is 0 Å². The van der Waals surface area contributed by atoms with Gasteiger partial charge in [-0.2, -0.15) is 0 Å². The van der Waals surface area contributed by atoms with Gasteiger partial charge in [0.15, 0.2) is 0 Å². The van der Waals surface area contributed by atoms with Crippen molar-refractivity contribution in [2.24, 2.45) is 0 Å². The van der Waals surface area contributed by atoms with Gasteiger partial charge < -0.3 is 4.90 Å². The van der Waals surface area contributed by atoms with E-state index in [2.05, 4.69) is 39.0 Å². The second-order valence-electron chi connectivity index (χ2n) is 9.53. The second-order valence-corrected chi connectivity index (χ2v) is 11.0. The topological polar surface area (TPSA) is 63.5 Å². The SMILES string of the molecule is CC1(C)C[C@@](C)(c2ccccc2)c2ccccc2N1C(=O)c1sc2cc([N+](=O)[O-])ccc2c1Cl. The summed E-state index contributed by atoms with van der Waals surface area (Å²) in [6.45, 7) is 6.39. The summed E-state index contributed by atoms with van der Waals surface area (Å²) in [7, 11) is 0. The number of carbonyl (C=O) groups is 1. The molecule has 0 fully saturated rings. The van der Waals surface area contributed by atoms with Crippen molar-refractivity contribution in [2.75, 3.05) is 4.90 Å². The van der Waals surface area contributed by atoms with E-state index in [1.165, 1.54) is 29.0 Å². The highest BCUT2D eigenvalue weighted by atomic mass is 35.5. The first kappa shape index (κ1) is 22.6. The number of carbonyl (C=O) groups excluding carboxylic acids is 1. The molecule has 3 aromatic carbocycles. The van der Waals surface area contributed by atoms with Crippen LogP contribution in [-0.2, 0) is 5.41 Å². The van der Waals surface area contributed by atoms with Crippen LogP contribution in [0.2, 0.25) is 5.02 Å². The van der Waals surface area contributed by atoms with Crippen LogP contribution in [0.25, 0.3) is 10.1 Å². The highest BCUT2D eigenvalue weighted by Crippen LogP contribution is 2.51. The molecule has 172 valence electrons. The number of rotatable bonds is 3. The summed E-state index contributed by atoms with van der Waals surface area (Å²) in [4.78, 5) is 27.1. The number of amides is 1. The monoisotopic (exact) mass is 490 g/mol. The third-order valence-corrected chi connectivity index (χ3v) is 8.41. The average molecular weight is 491 g/mol. The molecule has 4 aromatic rings. The zero-order valence-corrected chi connectivity index (χ0v) is 20.6. The van der Waals surface area contributed by atoms with Gasteiger partial charge in [-0.05, 0) is 43.5 Å². The molecule has 0 radical (unpaired) electrons. The van der Waals surface area contributed by atoms with Crippen molar-refractivity contribution >= 4 is 50.3 Å². The summed E-state index contributed by atoms with van der Waals surface area (Å²) in [5.41, 5.74) is 2.34. The number of hydrogen-bond donors (Lipinski definition) is 0. The molecule has 34 heavy (non-hydrogen) atoms. The van der Waals surface area contributed by atoms with E-state index >= 15 is 0 Å². The Morgan fingerprint density at radius 2 is 1.71 bits per heavy atom. The lowest BCUT2D eigenvalue weighted by atomic mass is 9.65. The van der Waals surface area contributed by atoms with Gasteiger partial charge in [0.2, 0.25) is 0 Å². The number of thiophene rings is 1. The van der Waals surface area contributed by atoms with Crippen LogP contribution >= 0.6 is 22.9 Å². The lowest BCUT2D eigenvalue weighted by molar-refractivity contribution is -0.384. The number of fused-ring (bicyclic) bond motifs is 2. The largest absolute Gasteiger partial charge is 0.302 e. The summed E-state index contributed by atoms with van der Waals surface area (Å²) >= 11 is 7.87. The fraction of sp³-hybridized carbons (Fsp3) is 0.222. The van der Waals surface area contributed by atoms with Crippen LogP contribution in [0.4, 0.5) is 11.4 Å². The van der Waals surface area contributed by atoms with Gasteiger partial charge in [-0.1, -0.05) is 67.1 Å². The van der Waals surface area contributed by atoms with Crippen LogP contribution in [0.5, 0.6) is 0 Å². The fourth-order valence-corrected chi connectivity index (χ4v) is 6.83. The number of benzene rings is 3. The van der Waals surface area contributed by atoms with Crippen molar-refractivity contribution < 1.29 is 9.72 Å². The molecular formula is C27H23ClN2O3S. The normalized spacial score (nSPS) is 19.1. The number of para-hydroxylation sites is 1. The van der Waals surface area contributed by atoms with E-state index in [4.69, 9.17) is 11.6 Å². The Kier molecular flexibility index (Phi) is 5.26. The molecule has 1 amide bonds. The third-order valence-electron chi connectivity index (χ3n) is 6.76. The van der Waals surface area contributed by atoms with E-state index < -0.39 is 10.5 Å². The van der Waals surface area contributed by atoms with E-state index in [-0.39, 0.29) is 17.0 Å². The molecule has 0 bridgehead atoms. The Balaban J connectivity index is 1.66. The van der Waals surface area contributed by atoms with Gasteiger partial charge in [0, 0.05) is 38.9 Å². The fourth-order valence-electron chi connectivity index (χ4n) is 5.36. The molecule has 5 rings (SSSR count). The van der Waals surface area contributed by atoms with Gasteiger partial charge in [-0.25, -0.2) is 0 Å². The molecule has 0 spiro atoms. The molecule has 0 N–H and O–H groups in total. The lowest BCUT2D eigenvalue weighted by Crippen LogP contribution is -2.55. The summed E-state index contributed by atoms with van der Waals surface area (Å²) < 4.78 is 0.625. The predicted molar refractivity (Wildman–Crippen MR) is 138 cm³/mol. The van der Waals surface area contributed by atoms with Gasteiger partial charge in [0.25, 0.3) is 11.6 Å². The molecule has 7 heteroatoms. The molecule has 1 atom stereocenters. The van der Waals surface area contributed by atoms with Crippen molar-refractivity contribution in [2.45, 2.75) is 38.1 Å². The zero-order valence-electron chi connectivity index (χ0n) is 19.0. The molecule has 2 heterocycles. The van der Waals surface area contributed by atoms with Crippen LogP contribution < -0.4 is 4.90 Å². The maximum Gasteiger partial charge on any atom is 0.270 e. The standard InChI is InChI=1S/C27H23ClN2O3S/c1-26(2)16-27(3,17-9-5-4-6-10-17)20-11-7-8-12-21(20)29(26)25(31)24-23(28)19-14-13-18(30(32)33)15-22(19)34-24/h4-15H,16H2,1-3H3/t27-/m0/s1. The van der Waals surface area contributed by atoms with Gasteiger partial charge in [0.05, 0.1) is 9.95 Å². The van der Waals surface area contributed by atoms with E-state index in [9.17, 15) is 14.9 Å². The lowest BCUT2D eigenvalue weighted by Gasteiger charge is -2.51. The number of halogens is 1. The number of non-ortho nitro benzene ring substituents is 1. The Hall–Kier alpha value is -3.22. The van der Waals surface area contributed by atoms with E-state index in [0.717, 1.165) is 17.7 Å². The highest BCUT2D eigenvalue weighted by molar-refractivity contribution is 7.21. The Bertz CT molecular complexity index is 1450. The summed E-state index contributed by atoms with van der Waals surface area (Å²) in [6, 6.07) is 22.9. The number of hydrogen-bond acceptors (Lipinski definition) is 4. The maximum absolute atomic E-state index is 14.1. The predicted octanol–water partition coefficient (Wildman–Crippen LogP) is 7.60. The van der Waals surface area contributed by atoms with Crippen molar-refractivity contribution in [3.8, 4) is 0 Å². The molecule has 5 nitrogen and oxygen atoms in total. The maximum atomic E-state index is 14.1. The Labute approximate surface area is 206 Å². The third kappa shape index (κ3) is 3.40. The summed E-state index contributed by atoms with van der Waals surface area (Å²) in [5, 5.41) is 12.2.